The van der Waals surface area contributed by atoms with Crippen molar-refractivity contribution in [3.05, 3.63) is 65.2 Å². The van der Waals surface area contributed by atoms with Crippen molar-refractivity contribution in [3.63, 3.8) is 0 Å². The van der Waals surface area contributed by atoms with Crippen molar-refractivity contribution in [1.29, 1.82) is 0 Å². The van der Waals surface area contributed by atoms with Crippen molar-refractivity contribution >= 4 is 5.96 Å². The Bertz CT molecular complexity index is 771. The highest BCUT2D eigenvalue weighted by molar-refractivity contribution is 5.79. The molecule has 0 aliphatic carbocycles. The highest BCUT2D eigenvalue weighted by atomic mass is 16.5. The van der Waals surface area contributed by atoms with E-state index in [0.29, 0.717) is 25.8 Å². The first kappa shape index (κ1) is 21.1. The minimum Gasteiger partial charge on any atom is -0.497 e. The zero-order valence-corrected chi connectivity index (χ0v) is 17.3. The summed E-state index contributed by atoms with van der Waals surface area (Å²) in [5.74, 6) is 1.62. The van der Waals surface area contributed by atoms with Crippen LogP contribution in [-0.4, -0.2) is 39.4 Å². The molecule has 29 heavy (non-hydrogen) atoms. The molecule has 3 rings (SSSR count). The Labute approximate surface area is 173 Å². The molecule has 6 nitrogen and oxygen atoms in total. The van der Waals surface area contributed by atoms with Crippen molar-refractivity contribution < 1.29 is 14.2 Å². The van der Waals surface area contributed by atoms with Crippen molar-refractivity contribution in [2.24, 2.45) is 4.99 Å². The van der Waals surface area contributed by atoms with E-state index in [9.17, 15) is 0 Å². The maximum atomic E-state index is 5.98. The van der Waals surface area contributed by atoms with Crippen LogP contribution in [-0.2, 0) is 29.2 Å². The van der Waals surface area contributed by atoms with Crippen LogP contribution in [0.15, 0.2) is 53.5 Å². The minimum absolute atomic E-state index is 0.323. The van der Waals surface area contributed by atoms with E-state index in [1.807, 2.05) is 18.2 Å². The van der Waals surface area contributed by atoms with Crippen LogP contribution in [0, 0.1) is 0 Å². The van der Waals surface area contributed by atoms with E-state index in [0.717, 1.165) is 43.3 Å². The maximum Gasteiger partial charge on any atom is 0.191 e. The topological polar surface area (TPSA) is 64.1 Å². The van der Waals surface area contributed by atoms with Crippen LogP contribution < -0.4 is 15.4 Å². The Kier molecular flexibility index (Phi) is 8.34. The first-order chi connectivity index (χ1) is 14.3. The summed E-state index contributed by atoms with van der Waals surface area (Å²) in [7, 11) is 3.45. The summed E-state index contributed by atoms with van der Waals surface area (Å²) in [5.41, 5.74) is 3.53. The van der Waals surface area contributed by atoms with Gasteiger partial charge in [-0.25, -0.2) is 0 Å². The standard InChI is InChI=1S/C23H31N3O3/c1-24-23(26-16-20-4-3-5-22(14-20)27-2)25-15-18-6-8-19(9-7-18)17-29-21-10-12-28-13-11-21/h3-9,14,21H,10-13,15-17H2,1-2H3,(H2,24,25,26). The summed E-state index contributed by atoms with van der Waals surface area (Å²) in [5, 5.41) is 6.68. The fourth-order valence-corrected chi connectivity index (χ4v) is 3.18. The number of nitrogens with zero attached hydrogens (tertiary/aromatic N) is 1. The number of ether oxygens (including phenoxy) is 3. The van der Waals surface area contributed by atoms with E-state index in [-0.39, 0.29) is 0 Å². The Morgan fingerprint density at radius 1 is 1.00 bits per heavy atom. The molecule has 1 saturated heterocycles. The summed E-state index contributed by atoms with van der Waals surface area (Å²) in [4.78, 5) is 4.29. The van der Waals surface area contributed by atoms with Gasteiger partial charge in [0.2, 0.25) is 0 Å². The second kappa shape index (κ2) is 11.4. The van der Waals surface area contributed by atoms with Crippen LogP contribution in [0.2, 0.25) is 0 Å². The molecule has 0 spiro atoms. The number of nitrogens with one attached hydrogen (secondary N) is 2. The number of benzene rings is 2. The molecule has 0 bridgehead atoms. The van der Waals surface area contributed by atoms with E-state index in [1.165, 1.54) is 11.1 Å². The van der Waals surface area contributed by atoms with Gasteiger partial charge in [0.05, 0.1) is 19.8 Å². The lowest BCUT2D eigenvalue weighted by Crippen LogP contribution is -2.36. The van der Waals surface area contributed by atoms with Gasteiger partial charge < -0.3 is 24.8 Å². The van der Waals surface area contributed by atoms with Crippen LogP contribution in [0.5, 0.6) is 5.75 Å². The van der Waals surface area contributed by atoms with Gasteiger partial charge in [0, 0.05) is 33.4 Å². The van der Waals surface area contributed by atoms with Gasteiger partial charge in [-0.2, -0.15) is 0 Å². The van der Waals surface area contributed by atoms with E-state index >= 15 is 0 Å². The Morgan fingerprint density at radius 2 is 1.69 bits per heavy atom. The lowest BCUT2D eigenvalue weighted by Gasteiger charge is -2.22. The van der Waals surface area contributed by atoms with Crippen LogP contribution >= 0.6 is 0 Å². The van der Waals surface area contributed by atoms with Crippen molar-refractivity contribution in [2.45, 2.75) is 38.6 Å². The van der Waals surface area contributed by atoms with Gasteiger partial charge in [-0.15, -0.1) is 0 Å². The van der Waals surface area contributed by atoms with Gasteiger partial charge >= 0.3 is 0 Å². The number of methoxy groups -OCH3 is 1. The highest BCUT2D eigenvalue weighted by Gasteiger charge is 2.13. The third-order valence-corrected chi connectivity index (χ3v) is 4.95. The first-order valence-electron chi connectivity index (χ1n) is 10.1. The number of aliphatic imine (C=N–C) groups is 1. The molecule has 2 N–H and O–H groups in total. The molecule has 0 amide bonds. The molecular formula is C23H31N3O3. The third-order valence-electron chi connectivity index (χ3n) is 4.95. The van der Waals surface area contributed by atoms with Crippen LogP contribution in [0.25, 0.3) is 0 Å². The third kappa shape index (κ3) is 7.07. The highest BCUT2D eigenvalue weighted by Crippen LogP contribution is 2.14. The smallest absolute Gasteiger partial charge is 0.191 e. The second-order valence-corrected chi connectivity index (χ2v) is 7.07. The van der Waals surface area contributed by atoms with Crippen molar-refractivity contribution in [3.8, 4) is 5.75 Å². The quantitative estimate of drug-likeness (QED) is 0.529. The summed E-state index contributed by atoms with van der Waals surface area (Å²) in [6.07, 6.45) is 2.30. The lowest BCUT2D eigenvalue weighted by molar-refractivity contribution is -0.0390. The maximum absolute atomic E-state index is 5.98. The molecule has 0 aromatic heterocycles. The lowest BCUT2D eigenvalue weighted by atomic mass is 10.1. The summed E-state index contributed by atoms with van der Waals surface area (Å²) < 4.78 is 16.6. The van der Waals surface area contributed by atoms with E-state index in [4.69, 9.17) is 14.2 Å². The summed E-state index contributed by atoms with van der Waals surface area (Å²) >= 11 is 0. The number of hydrogen-bond donors (Lipinski definition) is 2. The molecule has 1 fully saturated rings. The molecule has 2 aromatic rings. The molecular weight excluding hydrogens is 366 g/mol. The monoisotopic (exact) mass is 397 g/mol. The molecule has 0 saturated carbocycles. The number of guanidine groups is 1. The second-order valence-electron chi connectivity index (χ2n) is 7.07. The van der Waals surface area contributed by atoms with Crippen LogP contribution in [0.1, 0.15) is 29.5 Å². The first-order valence-corrected chi connectivity index (χ1v) is 10.1. The van der Waals surface area contributed by atoms with E-state index < -0.39 is 0 Å². The van der Waals surface area contributed by atoms with Gasteiger partial charge in [-0.3, -0.25) is 4.99 Å². The Balaban J connectivity index is 1.41. The molecule has 0 atom stereocenters. The Hall–Kier alpha value is -2.57. The summed E-state index contributed by atoms with van der Waals surface area (Å²) in [6.45, 7) is 3.66. The molecule has 1 aliphatic heterocycles. The number of hydrogen-bond acceptors (Lipinski definition) is 4. The predicted molar refractivity (Wildman–Crippen MR) is 115 cm³/mol. The van der Waals surface area contributed by atoms with Crippen molar-refractivity contribution in [2.75, 3.05) is 27.4 Å². The molecule has 2 aromatic carbocycles. The van der Waals surface area contributed by atoms with Gasteiger partial charge in [0.1, 0.15) is 5.75 Å². The van der Waals surface area contributed by atoms with Crippen molar-refractivity contribution in [1.82, 2.24) is 10.6 Å². The van der Waals surface area contributed by atoms with Gasteiger partial charge in [0.25, 0.3) is 0 Å². The molecule has 156 valence electrons. The fourth-order valence-electron chi connectivity index (χ4n) is 3.18. The zero-order chi connectivity index (χ0) is 20.3. The minimum atomic E-state index is 0.323. The van der Waals surface area contributed by atoms with Gasteiger partial charge in [-0.1, -0.05) is 36.4 Å². The molecule has 0 radical (unpaired) electrons. The van der Waals surface area contributed by atoms with Crippen LogP contribution in [0.3, 0.4) is 0 Å². The molecule has 0 unspecified atom stereocenters. The largest absolute Gasteiger partial charge is 0.497 e. The van der Waals surface area contributed by atoms with E-state index in [2.05, 4.69) is 46.0 Å². The number of rotatable bonds is 8. The summed E-state index contributed by atoms with van der Waals surface area (Å²) in [6, 6.07) is 16.5. The average molecular weight is 398 g/mol. The van der Waals surface area contributed by atoms with Crippen LogP contribution in [0.4, 0.5) is 0 Å². The van der Waals surface area contributed by atoms with Gasteiger partial charge in [-0.05, 0) is 41.7 Å². The zero-order valence-electron chi connectivity index (χ0n) is 17.3. The molecule has 1 aliphatic rings. The van der Waals surface area contributed by atoms with Gasteiger partial charge in [0.15, 0.2) is 5.96 Å². The SMILES string of the molecule is CN=C(NCc1ccc(COC2CCOCC2)cc1)NCc1cccc(OC)c1. The normalized spacial score (nSPS) is 15.2. The molecule has 6 heteroatoms. The van der Waals surface area contributed by atoms with E-state index in [1.54, 1.807) is 14.2 Å². The molecule has 1 heterocycles. The predicted octanol–water partition coefficient (Wildman–Crippen LogP) is 3.26. The Morgan fingerprint density at radius 3 is 2.38 bits per heavy atom. The average Bonchev–Trinajstić information content (AvgIpc) is 2.79. The fraction of sp³-hybridized carbons (Fsp3) is 0.435.